The number of amides is 1. The van der Waals surface area contributed by atoms with Crippen LogP contribution in [-0.4, -0.2) is 53.4 Å². The van der Waals surface area contributed by atoms with Crippen LogP contribution in [0.3, 0.4) is 0 Å². The van der Waals surface area contributed by atoms with Gasteiger partial charge in [0.05, 0.1) is 13.2 Å². The Kier molecular flexibility index (Phi) is 5.73. The van der Waals surface area contributed by atoms with Gasteiger partial charge in [0.25, 0.3) is 0 Å². The molecule has 1 aliphatic rings. The maximum absolute atomic E-state index is 12.1. The quantitative estimate of drug-likeness (QED) is 0.584. The summed E-state index contributed by atoms with van der Waals surface area (Å²) in [5.41, 5.74) is 5.84. The summed E-state index contributed by atoms with van der Waals surface area (Å²) in [6.45, 7) is 0.464. The van der Waals surface area contributed by atoms with E-state index in [-0.39, 0.29) is 31.1 Å². The second kappa shape index (κ2) is 6.83. The Balaban J connectivity index is 2.51. The molecule has 16 heavy (non-hydrogen) atoms. The van der Waals surface area contributed by atoms with Gasteiger partial charge in [0.15, 0.2) is 0 Å². The Bertz CT molecular complexity index is 211. The molecule has 2 unspecified atom stereocenters. The Hall–Kier alpha value is -0.650. The van der Waals surface area contributed by atoms with Gasteiger partial charge in [-0.15, -0.1) is 0 Å². The first-order valence-electron chi connectivity index (χ1n) is 5.95. The predicted octanol–water partition coefficient (Wildman–Crippen LogP) is -0.683. The zero-order valence-corrected chi connectivity index (χ0v) is 9.64. The van der Waals surface area contributed by atoms with Crippen LogP contribution in [0, 0.1) is 5.92 Å². The van der Waals surface area contributed by atoms with Crippen LogP contribution < -0.4 is 5.73 Å². The lowest BCUT2D eigenvalue weighted by Gasteiger charge is -2.30. The van der Waals surface area contributed by atoms with Crippen molar-refractivity contribution in [2.45, 2.75) is 31.7 Å². The molecular formula is C11H22N2O3. The van der Waals surface area contributed by atoms with E-state index in [1.54, 1.807) is 0 Å². The highest BCUT2D eigenvalue weighted by atomic mass is 16.3. The first-order valence-corrected chi connectivity index (χ1v) is 5.95. The Morgan fingerprint density at radius 1 is 1.25 bits per heavy atom. The lowest BCUT2D eigenvalue weighted by molar-refractivity contribution is -0.137. The van der Waals surface area contributed by atoms with Gasteiger partial charge < -0.3 is 20.8 Å². The number of hydrogen-bond donors (Lipinski definition) is 3. The van der Waals surface area contributed by atoms with Crippen molar-refractivity contribution in [3.8, 4) is 0 Å². The number of carbonyl (C=O) groups is 1. The summed E-state index contributed by atoms with van der Waals surface area (Å²) < 4.78 is 0. The largest absolute Gasteiger partial charge is 0.395 e. The number of carbonyl (C=O) groups excluding carboxylic acids is 1. The van der Waals surface area contributed by atoms with Crippen LogP contribution in [0.5, 0.6) is 0 Å². The van der Waals surface area contributed by atoms with Crippen molar-refractivity contribution in [3.05, 3.63) is 0 Å². The van der Waals surface area contributed by atoms with E-state index >= 15 is 0 Å². The van der Waals surface area contributed by atoms with Gasteiger partial charge in [-0.05, 0) is 19.3 Å². The molecule has 0 radical (unpaired) electrons. The van der Waals surface area contributed by atoms with Crippen LogP contribution in [0.25, 0.3) is 0 Å². The number of aliphatic hydroxyl groups is 2. The van der Waals surface area contributed by atoms with Crippen LogP contribution in [0.15, 0.2) is 0 Å². The third-order valence-electron chi connectivity index (χ3n) is 3.12. The summed E-state index contributed by atoms with van der Waals surface area (Å²) >= 11 is 0. The topological polar surface area (TPSA) is 86.8 Å². The van der Waals surface area contributed by atoms with Crippen molar-refractivity contribution in [1.82, 2.24) is 4.90 Å². The molecule has 2 atom stereocenters. The molecule has 1 rings (SSSR count). The van der Waals surface area contributed by atoms with Crippen molar-refractivity contribution in [3.63, 3.8) is 0 Å². The highest BCUT2D eigenvalue weighted by Gasteiger charge is 2.28. The first-order chi connectivity index (χ1) is 7.69. The molecule has 1 fully saturated rings. The lowest BCUT2D eigenvalue weighted by Crippen LogP contribution is -2.43. The average Bonchev–Trinajstić information content (AvgIpc) is 2.28. The smallest absolute Gasteiger partial charge is 0.225 e. The zero-order valence-electron chi connectivity index (χ0n) is 9.64. The van der Waals surface area contributed by atoms with Gasteiger partial charge in [-0.2, -0.15) is 0 Å². The highest BCUT2D eigenvalue weighted by molar-refractivity contribution is 5.79. The van der Waals surface area contributed by atoms with Crippen LogP contribution in [0.2, 0.25) is 0 Å². The fraction of sp³-hybridized carbons (Fsp3) is 0.909. The molecule has 0 aliphatic heterocycles. The van der Waals surface area contributed by atoms with E-state index in [9.17, 15) is 4.79 Å². The molecule has 5 nitrogen and oxygen atoms in total. The summed E-state index contributed by atoms with van der Waals surface area (Å²) in [6, 6.07) is 0.118. The maximum atomic E-state index is 12.1. The SMILES string of the molecule is NC1CCCC(C(=O)N(CCO)CCO)C1. The van der Waals surface area contributed by atoms with E-state index < -0.39 is 0 Å². The molecule has 4 N–H and O–H groups in total. The molecule has 0 saturated heterocycles. The normalized spacial score (nSPS) is 25.4. The molecule has 0 heterocycles. The number of hydrogen-bond acceptors (Lipinski definition) is 4. The van der Waals surface area contributed by atoms with E-state index in [0.29, 0.717) is 13.1 Å². The molecule has 0 spiro atoms. The Morgan fingerprint density at radius 3 is 2.38 bits per heavy atom. The van der Waals surface area contributed by atoms with Crippen LogP contribution in [0.1, 0.15) is 25.7 Å². The molecular weight excluding hydrogens is 208 g/mol. The van der Waals surface area contributed by atoms with Crippen molar-refractivity contribution in [1.29, 1.82) is 0 Å². The third-order valence-corrected chi connectivity index (χ3v) is 3.12. The molecule has 0 aromatic carbocycles. The Labute approximate surface area is 96.2 Å². The van der Waals surface area contributed by atoms with Gasteiger partial charge in [-0.3, -0.25) is 4.79 Å². The average molecular weight is 230 g/mol. The summed E-state index contributed by atoms with van der Waals surface area (Å²) in [6.07, 6.45) is 3.58. The molecule has 94 valence electrons. The van der Waals surface area contributed by atoms with Gasteiger partial charge in [-0.25, -0.2) is 0 Å². The van der Waals surface area contributed by atoms with E-state index in [2.05, 4.69) is 0 Å². The van der Waals surface area contributed by atoms with Crippen molar-refractivity contribution in [2.24, 2.45) is 11.7 Å². The van der Waals surface area contributed by atoms with Crippen molar-refractivity contribution in [2.75, 3.05) is 26.3 Å². The number of nitrogens with two attached hydrogens (primary N) is 1. The fourth-order valence-electron chi connectivity index (χ4n) is 2.28. The fourth-order valence-corrected chi connectivity index (χ4v) is 2.28. The molecule has 0 aromatic heterocycles. The van der Waals surface area contributed by atoms with E-state index in [1.165, 1.54) is 4.90 Å². The minimum absolute atomic E-state index is 0.0261. The zero-order chi connectivity index (χ0) is 12.0. The summed E-state index contributed by atoms with van der Waals surface area (Å²) in [4.78, 5) is 13.6. The lowest BCUT2D eigenvalue weighted by atomic mass is 9.85. The molecule has 1 aliphatic carbocycles. The minimum atomic E-state index is -0.0650. The molecule has 0 aromatic rings. The molecule has 5 heteroatoms. The maximum Gasteiger partial charge on any atom is 0.225 e. The molecule has 0 bridgehead atoms. The minimum Gasteiger partial charge on any atom is -0.395 e. The summed E-state index contributed by atoms with van der Waals surface area (Å²) in [7, 11) is 0. The van der Waals surface area contributed by atoms with Gasteiger partial charge in [0.2, 0.25) is 5.91 Å². The van der Waals surface area contributed by atoms with E-state index in [4.69, 9.17) is 15.9 Å². The number of rotatable bonds is 5. The number of aliphatic hydroxyl groups excluding tert-OH is 2. The van der Waals surface area contributed by atoms with Crippen LogP contribution in [-0.2, 0) is 4.79 Å². The standard InChI is InChI=1S/C11H22N2O3/c12-10-3-1-2-9(8-10)11(16)13(4-6-14)5-7-15/h9-10,14-15H,1-8,12H2. The summed E-state index contributed by atoms with van der Waals surface area (Å²) in [5.74, 6) is 0.0000926. The number of nitrogens with zero attached hydrogens (tertiary/aromatic N) is 1. The van der Waals surface area contributed by atoms with Gasteiger partial charge >= 0.3 is 0 Å². The van der Waals surface area contributed by atoms with Crippen molar-refractivity contribution < 1.29 is 15.0 Å². The van der Waals surface area contributed by atoms with E-state index in [0.717, 1.165) is 25.7 Å². The van der Waals surface area contributed by atoms with E-state index in [1.807, 2.05) is 0 Å². The first kappa shape index (κ1) is 13.4. The third kappa shape index (κ3) is 3.73. The molecule has 1 amide bonds. The Morgan fingerprint density at radius 2 is 1.88 bits per heavy atom. The second-order valence-electron chi connectivity index (χ2n) is 4.40. The van der Waals surface area contributed by atoms with Gasteiger partial charge in [0.1, 0.15) is 0 Å². The highest BCUT2D eigenvalue weighted by Crippen LogP contribution is 2.24. The van der Waals surface area contributed by atoms with Gasteiger partial charge in [-0.1, -0.05) is 6.42 Å². The van der Waals surface area contributed by atoms with Crippen molar-refractivity contribution >= 4 is 5.91 Å². The second-order valence-corrected chi connectivity index (χ2v) is 4.40. The van der Waals surface area contributed by atoms with Crippen LogP contribution in [0.4, 0.5) is 0 Å². The molecule has 1 saturated carbocycles. The van der Waals surface area contributed by atoms with Gasteiger partial charge in [0, 0.05) is 25.0 Å². The monoisotopic (exact) mass is 230 g/mol. The summed E-state index contributed by atoms with van der Waals surface area (Å²) in [5, 5.41) is 17.7. The predicted molar refractivity (Wildman–Crippen MR) is 60.7 cm³/mol. The van der Waals surface area contributed by atoms with Crippen LogP contribution >= 0.6 is 0 Å².